The molecule has 0 amide bonds. The zero-order valence-electron chi connectivity index (χ0n) is 12.6. The number of β-amino-alcohol motifs (C(OH)–C–C–N with tert-alkyl or cyclic N) is 1. The van der Waals surface area contributed by atoms with Crippen molar-refractivity contribution in [1.82, 2.24) is 15.1 Å². The van der Waals surface area contributed by atoms with E-state index < -0.39 is 0 Å². The van der Waals surface area contributed by atoms with Gasteiger partial charge in [-0.3, -0.25) is 4.90 Å². The van der Waals surface area contributed by atoms with Gasteiger partial charge >= 0.3 is 0 Å². The Bertz CT molecular complexity index is 453. The number of ether oxygens (including phenoxy) is 1. The van der Waals surface area contributed by atoms with Crippen LogP contribution in [0.25, 0.3) is 0 Å². The molecule has 3 rings (SSSR count). The third-order valence-corrected chi connectivity index (χ3v) is 4.45. The van der Waals surface area contributed by atoms with Crippen LogP contribution in [0.1, 0.15) is 12.1 Å². The van der Waals surface area contributed by atoms with Gasteiger partial charge in [0.15, 0.2) is 5.82 Å². The van der Waals surface area contributed by atoms with Crippen LogP contribution in [-0.4, -0.2) is 72.2 Å². The number of aryl methyl sites for hydroxylation is 1. The number of likely N-dealkylation sites (tertiary alicyclic amines) is 1. The quantitative estimate of drug-likeness (QED) is 0.865. The summed E-state index contributed by atoms with van der Waals surface area (Å²) in [5, 5.41) is 17.5. The Hall–Kier alpha value is -1.24. The number of fused-ring (bicyclic) bond motifs is 1. The first kappa shape index (κ1) is 14.7. The van der Waals surface area contributed by atoms with Gasteiger partial charge in [-0.25, -0.2) is 0 Å². The highest BCUT2D eigenvalue weighted by atomic mass is 16.5. The lowest BCUT2D eigenvalue weighted by atomic mass is 9.93. The van der Waals surface area contributed by atoms with Crippen molar-refractivity contribution < 1.29 is 9.84 Å². The molecule has 2 aliphatic heterocycles. The molecule has 1 aromatic heterocycles. The van der Waals surface area contributed by atoms with Crippen LogP contribution >= 0.6 is 0 Å². The van der Waals surface area contributed by atoms with E-state index in [1.165, 1.54) is 0 Å². The van der Waals surface area contributed by atoms with Crippen molar-refractivity contribution in [2.75, 3.05) is 50.8 Å². The summed E-state index contributed by atoms with van der Waals surface area (Å²) >= 11 is 0. The minimum absolute atomic E-state index is 0.225. The first-order valence-corrected chi connectivity index (χ1v) is 7.76. The predicted octanol–water partition coefficient (Wildman–Crippen LogP) is 0.304. The highest BCUT2D eigenvalue weighted by Gasteiger charge is 2.33. The number of anilines is 1. The topological polar surface area (TPSA) is 61.7 Å². The summed E-state index contributed by atoms with van der Waals surface area (Å²) in [5.41, 5.74) is 0.944. The van der Waals surface area contributed by atoms with Crippen LogP contribution < -0.4 is 4.90 Å². The van der Waals surface area contributed by atoms with Crippen molar-refractivity contribution >= 4 is 5.82 Å². The summed E-state index contributed by atoms with van der Waals surface area (Å²) in [6.07, 6.45) is 1.38. The Labute approximate surface area is 125 Å². The van der Waals surface area contributed by atoms with Crippen LogP contribution in [0, 0.1) is 12.8 Å². The molecule has 21 heavy (non-hydrogen) atoms. The Morgan fingerprint density at radius 3 is 2.95 bits per heavy atom. The van der Waals surface area contributed by atoms with Gasteiger partial charge in [0.05, 0.1) is 25.0 Å². The Morgan fingerprint density at radius 1 is 1.29 bits per heavy atom. The molecular weight excluding hydrogens is 268 g/mol. The van der Waals surface area contributed by atoms with Crippen LogP contribution in [0.5, 0.6) is 0 Å². The van der Waals surface area contributed by atoms with Crippen LogP contribution in [0.4, 0.5) is 5.82 Å². The number of hydrogen-bond donors (Lipinski definition) is 1. The molecule has 1 aromatic rings. The molecule has 2 saturated heterocycles. The van der Waals surface area contributed by atoms with Crippen molar-refractivity contribution in [1.29, 1.82) is 0 Å². The first-order chi connectivity index (χ1) is 10.3. The van der Waals surface area contributed by atoms with Crippen LogP contribution in [0.3, 0.4) is 0 Å². The van der Waals surface area contributed by atoms with Gasteiger partial charge in [-0.15, -0.1) is 5.10 Å². The smallest absolute Gasteiger partial charge is 0.151 e. The SMILES string of the molecule is Cc1ccc(N2CCO[C@@H]3CN(CCO)CC[C@@H]3C2)nn1. The molecule has 0 aliphatic carbocycles. The minimum Gasteiger partial charge on any atom is -0.395 e. The van der Waals surface area contributed by atoms with Crippen LogP contribution in [0.15, 0.2) is 12.1 Å². The maximum absolute atomic E-state index is 9.08. The second kappa shape index (κ2) is 6.68. The second-order valence-electron chi connectivity index (χ2n) is 5.96. The number of aromatic nitrogens is 2. The molecule has 2 aliphatic rings. The van der Waals surface area contributed by atoms with E-state index in [0.717, 1.165) is 57.3 Å². The fraction of sp³-hybridized carbons (Fsp3) is 0.733. The van der Waals surface area contributed by atoms with Gasteiger partial charge in [-0.2, -0.15) is 5.10 Å². The molecule has 0 unspecified atom stereocenters. The van der Waals surface area contributed by atoms with Gasteiger partial charge < -0.3 is 14.7 Å². The van der Waals surface area contributed by atoms with E-state index in [0.29, 0.717) is 5.92 Å². The molecule has 0 spiro atoms. The first-order valence-electron chi connectivity index (χ1n) is 7.76. The summed E-state index contributed by atoms with van der Waals surface area (Å²) in [5.74, 6) is 1.48. The third-order valence-electron chi connectivity index (χ3n) is 4.45. The summed E-state index contributed by atoms with van der Waals surface area (Å²) in [6.45, 7) is 7.47. The highest BCUT2D eigenvalue weighted by Crippen LogP contribution is 2.25. The summed E-state index contributed by atoms with van der Waals surface area (Å²) in [4.78, 5) is 4.58. The molecule has 6 heteroatoms. The van der Waals surface area contributed by atoms with Crippen LogP contribution in [0.2, 0.25) is 0 Å². The number of aliphatic hydroxyl groups is 1. The minimum atomic E-state index is 0.225. The molecule has 6 nitrogen and oxygen atoms in total. The molecule has 0 aromatic carbocycles. The van der Waals surface area contributed by atoms with Crippen LogP contribution in [-0.2, 0) is 4.74 Å². The van der Waals surface area contributed by atoms with Gasteiger partial charge in [0.1, 0.15) is 0 Å². The highest BCUT2D eigenvalue weighted by molar-refractivity contribution is 5.37. The molecule has 3 heterocycles. The van der Waals surface area contributed by atoms with Crippen molar-refractivity contribution in [2.45, 2.75) is 19.4 Å². The van der Waals surface area contributed by atoms with Gasteiger partial charge in [-0.05, 0) is 32.0 Å². The lowest BCUT2D eigenvalue weighted by molar-refractivity contribution is -0.0247. The number of hydrogen-bond acceptors (Lipinski definition) is 6. The summed E-state index contributed by atoms with van der Waals surface area (Å²) < 4.78 is 6.05. The Balaban J connectivity index is 1.65. The summed E-state index contributed by atoms with van der Waals surface area (Å²) in [6, 6.07) is 4.05. The van der Waals surface area contributed by atoms with E-state index in [1.54, 1.807) is 0 Å². The van der Waals surface area contributed by atoms with Crippen molar-refractivity contribution in [3.05, 3.63) is 17.8 Å². The van der Waals surface area contributed by atoms with Gasteiger partial charge in [0, 0.05) is 32.1 Å². The lowest BCUT2D eigenvalue weighted by Gasteiger charge is -2.37. The number of piperidine rings is 1. The molecule has 0 radical (unpaired) electrons. The van der Waals surface area contributed by atoms with E-state index >= 15 is 0 Å². The standard InChI is InChI=1S/C15H24N4O2/c1-12-2-3-15(17-16-12)19-7-9-21-14-11-18(6-8-20)5-4-13(14)10-19/h2-3,13-14,20H,4-11H2,1H3/t13-,14-/m1/s1. The fourth-order valence-electron chi connectivity index (χ4n) is 3.23. The van der Waals surface area contributed by atoms with E-state index in [1.807, 2.05) is 19.1 Å². The zero-order valence-corrected chi connectivity index (χ0v) is 12.6. The molecule has 116 valence electrons. The monoisotopic (exact) mass is 292 g/mol. The average molecular weight is 292 g/mol. The van der Waals surface area contributed by atoms with Gasteiger partial charge in [-0.1, -0.05) is 0 Å². The zero-order chi connectivity index (χ0) is 14.7. The van der Waals surface area contributed by atoms with E-state index in [-0.39, 0.29) is 12.7 Å². The number of rotatable bonds is 3. The maximum atomic E-state index is 9.08. The van der Waals surface area contributed by atoms with Crippen molar-refractivity contribution in [3.8, 4) is 0 Å². The normalized spacial score (nSPS) is 27.2. The lowest BCUT2D eigenvalue weighted by Crippen LogP contribution is -2.47. The van der Waals surface area contributed by atoms with E-state index in [9.17, 15) is 0 Å². The number of aliphatic hydroxyl groups excluding tert-OH is 1. The van der Waals surface area contributed by atoms with Gasteiger partial charge in [0.2, 0.25) is 0 Å². The number of nitrogens with zero attached hydrogens (tertiary/aromatic N) is 4. The molecule has 0 saturated carbocycles. The molecular formula is C15H24N4O2. The van der Waals surface area contributed by atoms with Crippen molar-refractivity contribution in [2.24, 2.45) is 5.92 Å². The predicted molar refractivity (Wildman–Crippen MR) is 80.4 cm³/mol. The fourth-order valence-corrected chi connectivity index (χ4v) is 3.23. The third kappa shape index (κ3) is 3.51. The maximum Gasteiger partial charge on any atom is 0.151 e. The second-order valence-corrected chi connectivity index (χ2v) is 5.96. The van der Waals surface area contributed by atoms with Crippen molar-refractivity contribution in [3.63, 3.8) is 0 Å². The average Bonchev–Trinajstić information content (AvgIpc) is 2.70. The molecule has 2 atom stereocenters. The van der Waals surface area contributed by atoms with Gasteiger partial charge in [0.25, 0.3) is 0 Å². The molecule has 1 N–H and O–H groups in total. The Morgan fingerprint density at radius 2 is 2.19 bits per heavy atom. The molecule has 0 bridgehead atoms. The van der Waals surface area contributed by atoms with E-state index in [4.69, 9.17) is 9.84 Å². The largest absolute Gasteiger partial charge is 0.395 e. The summed E-state index contributed by atoms with van der Waals surface area (Å²) in [7, 11) is 0. The Kier molecular flexibility index (Phi) is 4.67. The molecule has 2 fully saturated rings. The van der Waals surface area contributed by atoms with E-state index in [2.05, 4.69) is 20.0 Å².